The molecule has 0 amide bonds. The molecule has 1 unspecified atom stereocenters. The van der Waals surface area contributed by atoms with Crippen LogP contribution >= 0.6 is 0 Å². The minimum Gasteiger partial charge on any atom is -0.393 e. The molecule has 4 saturated carbocycles. The molecule has 0 radical (unpaired) electrons. The fraction of sp³-hybridized carbons (Fsp3) is 0.906. The van der Waals surface area contributed by atoms with Crippen molar-refractivity contribution in [3.05, 3.63) is 11.6 Å². The predicted molar refractivity (Wildman–Crippen MR) is 140 cm³/mol. The van der Waals surface area contributed by atoms with Crippen LogP contribution in [0.4, 0.5) is 0 Å². The summed E-state index contributed by atoms with van der Waals surface area (Å²) in [5.41, 5.74) is 2.25. The molecule has 1 N–H and O–H groups in total. The Labute approximate surface area is 209 Å². The fourth-order valence-corrected chi connectivity index (χ4v) is 10.7. The van der Waals surface area contributed by atoms with Crippen molar-refractivity contribution < 1.29 is 9.90 Å². The van der Waals surface area contributed by atoms with Gasteiger partial charge in [0.05, 0.1) is 6.10 Å². The number of carbonyl (C=O) groups excluding carboxylic acids is 1. The molecule has 0 saturated heterocycles. The first-order chi connectivity index (χ1) is 15.6. The van der Waals surface area contributed by atoms with Crippen LogP contribution in [-0.4, -0.2) is 17.0 Å². The van der Waals surface area contributed by atoms with Gasteiger partial charge in [0.2, 0.25) is 0 Å². The minimum atomic E-state index is -0.248. The zero-order valence-electron chi connectivity index (χ0n) is 23.7. The van der Waals surface area contributed by atoms with Crippen LogP contribution in [0.2, 0.25) is 0 Å². The summed E-state index contributed by atoms with van der Waals surface area (Å²) >= 11 is 0. The summed E-state index contributed by atoms with van der Waals surface area (Å²) < 4.78 is 0. The van der Waals surface area contributed by atoms with Gasteiger partial charge in [0, 0.05) is 5.92 Å². The average Bonchev–Trinajstić information content (AvgIpc) is 2.73. The third kappa shape index (κ3) is 2.93. The lowest BCUT2D eigenvalue weighted by Gasteiger charge is -2.70. The monoisotopic (exact) mass is 468 g/mol. The highest BCUT2D eigenvalue weighted by molar-refractivity contribution is 5.95. The van der Waals surface area contributed by atoms with Gasteiger partial charge in [0.25, 0.3) is 0 Å². The number of rotatable bonds is 1. The van der Waals surface area contributed by atoms with E-state index in [0.29, 0.717) is 34.4 Å². The van der Waals surface area contributed by atoms with Crippen LogP contribution in [0.3, 0.4) is 0 Å². The number of aliphatic hydroxyl groups excluding tert-OH is 1. The summed E-state index contributed by atoms with van der Waals surface area (Å²) in [6.45, 7) is 21.9. The highest BCUT2D eigenvalue weighted by Crippen LogP contribution is 2.75. The largest absolute Gasteiger partial charge is 0.393 e. The van der Waals surface area contributed by atoms with Crippen molar-refractivity contribution in [3.8, 4) is 0 Å². The van der Waals surface area contributed by atoms with E-state index < -0.39 is 0 Å². The Balaban J connectivity index is 1.62. The van der Waals surface area contributed by atoms with Gasteiger partial charge in [-0.05, 0) is 114 Å². The van der Waals surface area contributed by atoms with E-state index in [4.69, 9.17) is 0 Å². The van der Waals surface area contributed by atoms with Crippen molar-refractivity contribution in [1.29, 1.82) is 0 Å². The van der Waals surface area contributed by atoms with Gasteiger partial charge in [-0.2, -0.15) is 0 Å². The Morgan fingerprint density at radius 1 is 0.882 bits per heavy atom. The van der Waals surface area contributed by atoms with E-state index in [2.05, 4.69) is 68.4 Å². The third-order valence-corrected chi connectivity index (χ3v) is 14.0. The highest BCUT2D eigenvalue weighted by atomic mass is 16.3. The number of carbonyl (C=O) groups is 1. The SMILES string of the molecule is CC(C)C1(C)CC[C@]2(C)CC[C@]3(C)C(=CC(=O)[C@@H]4[C@@]5(C)CC[C@H](O)C(C)(C)[C@@H]5CC[C@]43C)[C@@H]2C1. The number of ketones is 1. The molecule has 4 fully saturated rings. The second-order valence-corrected chi connectivity index (χ2v) is 15.9. The smallest absolute Gasteiger partial charge is 0.159 e. The van der Waals surface area contributed by atoms with Gasteiger partial charge in [0.1, 0.15) is 0 Å². The maximum Gasteiger partial charge on any atom is 0.159 e. The van der Waals surface area contributed by atoms with Crippen molar-refractivity contribution in [2.45, 2.75) is 126 Å². The van der Waals surface area contributed by atoms with Crippen LogP contribution in [0, 0.1) is 56.2 Å². The lowest BCUT2D eigenvalue weighted by atomic mass is 9.33. The van der Waals surface area contributed by atoms with E-state index in [-0.39, 0.29) is 33.7 Å². The van der Waals surface area contributed by atoms with Crippen LogP contribution in [0.25, 0.3) is 0 Å². The van der Waals surface area contributed by atoms with Crippen LogP contribution in [0.15, 0.2) is 11.6 Å². The number of allylic oxidation sites excluding steroid dienone is 2. The summed E-state index contributed by atoms with van der Waals surface area (Å²) in [4.78, 5) is 14.3. The molecule has 0 aromatic rings. The molecule has 2 nitrogen and oxygen atoms in total. The molecule has 0 aromatic heterocycles. The second-order valence-electron chi connectivity index (χ2n) is 15.9. The Morgan fingerprint density at radius 2 is 1.53 bits per heavy atom. The summed E-state index contributed by atoms with van der Waals surface area (Å²) in [7, 11) is 0. The van der Waals surface area contributed by atoms with Gasteiger partial charge < -0.3 is 5.11 Å². The van der Waals surface area contributed by atoms with Gasteiger partial charge >= 0.3 is 0 Å². The number of fused-ring (bicyclic) bond motifs is 7. The lowest BCUT2D eigenvalue weighted by molar-refractivity contribution is -0.202. The van der Waals surface area contributed by atoms with Crippen LogP contribution in [0.1, 0.15) is 120 Å². The van der Waals surface area contributed by atoms with E-state index in [9.17, 15) is 9.90 Å². The Hall–Kier alpha value is -0.630. The second kappa shape index (κ2) is 7.23. The van der Waals surface area contributed by atoms with E-state index in [1.54, 1.807) is 0 Å². The normalized spacial score (nSPS) is 54.4. The standard InChI is InChI=1S/C32H52O2/c1-20(2)29(6)15-14-28(5)16-17-31(8)21(22(28)19-29)18-23(33)26-30(7)12-11-25(34)27(3,4)24(30)10-13-32(26,31)9/h18,20,22,24-26,34H,10-17,19H2,1-9H3/t22-,24-,25-,26+,28+,29?,30-,31+,32+/m0/s1. The zero-order valence-corrected chi connectivity index (χ0v) is 23.7. The maximum atomic E-state index is 14.3. The van der Waals surface area contributed by atoms with E-state index in [1.807, 2.05) is 0 Å². The van der Waals surface area contributed by atoms with Crippen LogP contribution in [0.5, 0.6) is 0 Å². The van der Waals surface area contributed by atoms with Gasteiger partial charge in [-0.25, -0.2) is 0 Å². The Kier molecular flexibility index (Phi) is 5.33. The highest BCUT2D eigenvalue weighted by Gasteiger charge is 2.70. The first-order valence-electron chi connectivity index (χ1n) is 14.5. The third-order valence-electron chi connectivity index (χ3n) is 14.0. The van der Waals surface area contributed by atoms with E-state index in [1.165, 1.54) is 37.7 Å². The van der Waals surface area contributed by atoms with Crippen molar-refractivity contribution in [3.63, 3.8) is 0 Å². The molecule has 0 heterocycles. The molecule has 0 bridgehead atoms. The molecular weight excluding hydrogens is 416 g/mol. The van der Waals surface area contributed by atoms with E-state index >= 15 is 0 Å². The van der Waals surface area contributed by atoms with Crippen LogP contribution in [-0.2, 0) is 4.79 Å². The fourth-order valence-electron chi connectivity index (χ4n) is 10.7. The molecule has 0 spiro atoms. The Morgan fingerprint density at radius 3 is 2.18 bits per heavy atom. The molecule has 192 valence electrons. The Bertz CT molecular complexity index is 914. The van der Waals surface area contributed by atoms with E-state index in [0.717, 1.165) is 25.7 Å². The molecular formula is C32H52O2. The molecule has 5 rings (SSSR count). The van der Waals surface area contributed by atoms with Crippen molar-refractivity contribution in [2.75, 3.05) is 0 Å². The molecule has 0 aliphatic heterocycles. The van der Waals surface area contributed by atoms with Gasteiger partial charge in [-0.1, -0.05) is 67.9 Å². The predicted octanol–water partition coefficient (Wildman–Crippen LogP) is 7.98. The minimum absolute atomic E-state index is 0.0163. The van der Waals surface area contributed by atoms with Gasteiger partial charge in [-0.3, -0.25) is 4.79 Å². The lowest BCUT2D eigenvalue weighted by Crippen LogP contribution is -2.66. The molecule has 34 heavy (non-hydrogen) atoms. The maximum absolute atomic E-state index is 14.3. The number of hydrogen-bond acceptors (Lipinski definition) is 2. The summed E-state index contributed by atoms with van der Waals surface area (Å²) in [5.74, 6) is 2.15. The summed E-state index contributed by atoms with van der Waals surface area (Å²) in [5, 5.41) is 10.9. The molecule has 2 heteroatoms. The first kappa shape index (κ1) is 25.0. The molecule has 5 aliphatic rings. The quantitative estimate of drug-likeness (QED) is 0.423. The topological polar surface area (TPSA) is 37.3 Å². The first-order valence-corrected chi connectivity index (χ1v) is 14.5. The van der Waals surface area contributed by atoms with Crippen molar-refractivity contribution in [1.82, 2.24) is 0 Å². The molecule has 5 aliphatic carbocycles. The summed E-state index contributed by atoms with van der Waals surface area (Å²) in [6, 6.07) is 0. The van der Waals surface area contributed by atoms with Gasteiger partial charge in [-0.15, -0.1) is 0 Å². The zero-order chi connectivity index (χ0) is 25.1. The summed E-state index contributed by atoms with van der Waals surface area (Å²) in [6.07, 6.45) is 12.5. The van der Waals surface area contributed by atoms with Crippen molar-refractivity contribution >= 4 is 5.78 Å². The number of aliphatic hydroxyl groups is 1. The van der Waals surface area contributed by atoms with Crippen molar-refractivity contribution in [2.24, 2.45) is 56.2 Å². The molecule has 0 aromatic carbocycles. The average molecular weight is 469 g/mol. The van der Waals surface area contributed by atoms with Crippen LogP contribution < -0.4 is 0 Å². The van der Waals surface area contributed by atoms with Gasteiger partial charge in [0.15, 0.2) is 5.78 Å². The number of hydrogen-bond donors (Lipinski definition) is 1. The molecule has 9 atom stereocenters.